The Morgan fingerprint density at radius 1 is 1.04 bits per heavy atom. The minimum absolute atomic E-state index is 0.261. The van der Waals surface area contributed by atoms with E-state index < -0.39 is 5.60 Å². The molecular formula is C25H34ClNO. The van der Waals surface area contributed by atoms with Crippen LogP contribution in [-0.4, -0.2) is 15.7 Å². The van der Waals surface area contributed by atoms with E-state index in [0.29, 0.717) is 11.3 Å². The van der Waals surface area contributed by atoms with Crippen LogP contribution in [0, 0.1) is 34.5 Å². The number of halogens is 1. The van der Waals surface area contributed by atoms with Crippen molar-refractivity contribution in [3.8, 4) is 0 Å². The molecule has 0 aliphatic heterocycles. The van der Waals surface area contributed by atoms with Crippen molar-refractivity contribution in [3.63, 3.8) is 0 Å². The maximum Gasteiger partial charge on any atom is 0.0622 e. The molecule has 152 valence electrons. The molecule has 4 unspecified atom stereocenters. The summed E-state index contributed by atoms with van der Waals surface area (Å²) in [5.74, 6) is 3.10. The largest absolute Gasteiger partial charge is 0.390 e. The Morgan fingerprint density at radius 2 is 1.86 bits per heavy atom. The van der Waals surface area contributed by atoms with Gasteiger partial charge in [0.05, 0.1) is 10.6 Å². The molecule has 0 amide bonds. The monoisotopic (exact) mass is 399 g/mol. The number of pyridine rings is 1. The smallest absolute Gasteiger partial charge is 0.0622 e. The maximum absolute atomic E-state index is 10.7. The van der Waals surface area contributed by atoms with Gasteiger partial charge in [-0.3, -0.25) is 4.98 Å². The number of allylic oxidation sites excluding steroid dienone is 2. The average Bonchev–Trinajstić information content (AvgIpc) is 2.99. The zero-order valence-corrected chi connectivity index (χ0v) is 18.3. The van der Waals surface area contributed by atoms with Gasteiger partial charge in [-0.05, 0) is 110 Å². The Kier molecular flexibility index (Phi) is 4.31. The van der Waals surface area contributed by atoms with Crippen LogP contribution in [0.5, 0.6) is 0 Å². The number of rotatable bonds is 1. The average molecular weight is 400 g/mol. The van der Waals surface area contributed by atoms with Gasteiger partial charge in [0.15, 0.2) is 0 Å². The molecule has 1 aromatic heterocycles. The summed E-state index contributed by atoms with van der Waals surface area (Å²) in [5, 5.41) is 11.4. The summed E-state index contributed by atoms with van der Waals surface area (Å²) in [7, 11) is 0. The van der Waals surface area contributed by atoms with Crippen LogP contribution in [0.3, 0.4) is 0 Å². The third kappa shape index (κ3) is 2.74. The molecule has 0 aromatic carbocycles. The van der Waals surface area contributed by atoms with Crippen molar-refractivity contribution in [2.75, 3.05) is 0 Å². The van der Waals surface area contributed by atoms with Gasteiger partial charge in [-0.2, -0.15) is 0 Å². The molecule has 0 spiro atoms. The fourth-order valence-corrected chi connectivity index (χ4v) is 8.18. The van der Waals surface area contributed by atoms with Gasteiger partial charge in [0.1, 0.15) is 0 Å². The molecule has 7 atom stereocenters. The summed E-state index contributed by atoms with van der Waals surface area (Å²) in [5.41, 5.74) is 2.96. The van der Waals surface area contributed by atoms with Crippen LogP contribution in [-0.2, 0) is 0 Å². The van der Waals surface area contributed by atoms with E-state index in [-0.39, 0.29) is 5.41 Å². The Morgan fingerprint density at radius 3 is 2.64 bits per heavy atom. The van der Waals surface area contributed by atoms with Crippen molar-refractivity contribution in [1.82, 2.24) is 4.98 Å². The van der Waals surface area contributed by atoms with Crippen LogP contribution >= 0.6 is 11.6 Å². The fourth-order valence-electron chi connectivity index (χ4n) is 8.01. The molecule has 28 heavy (non-hydrogen) atoms. The molecule has 1 N–H and O–H groups in total. The van der Waals surface area contributed by atoms with E-state index in [9.17, 15) is 5.11 Å². The van der Waals surface area contributed by atoms with Crippen LogP contribution in [0.1, 0.15) is 77.7 Å². The van der Waals surface area contributed by atoms with Crippen molar-refractivity contribution in [2.45, 2.75) is 77.7 Å². The molecule has 1 aromatic rings. The van der Waals surface area contributed by atoms with E-state index in [1.54, 1.807) is 6.20 Å². The third-order valence-electron chi connectivity index (χ3n) is 9.55. The normalized spacial score (nSPS) is 47.7. The highest BCUT2D eigenvalue weighted by molar-refractivity contribution is 6.30. The number of nitrogens with zero attached hydrogens (tertiary/aromatic N) is 1. The molecule has 5 rings (SSSR count). The first-order chi connectivity index (χ1) is 13.2. The number of hydrogen-bond donors (Lipinski definition) is 1. The lowest BCUT2D eigenvalue weighted by molar-refractivity contribution is -0.138. The number of fused-ring (bicyclic) bond motifs is 5. The summed E-state index contributed by atoms with van der Waals surface area (Å²) in [4.78, 5) is 4.36. The molecule has 3 fully saturated rings. The molecule has 1 heterocycles. The molecular weight excluding hydrogens is 366 g/mol. The summed E-state index contributed by atoms with van der Waals surface area (Å²) >= 11 is 6.26. The second kappa shape index (κ2) is 6.32. The minimum Gasteiger partial charge on any atom is -0.390 e. The van der Waals surface area contributed by atoms with Gasteiger partial charge in [-0.1, -0.05) is 31.5 Å². The molecule has 0 radical (unpaired) electrons. The summed E-state index contributed by atoms with van der Waals surface area (Å²) < 4.78 is 0. The predicted octanol–water partition coefficient (Wildman–Crippen LogP) is 6.52. The Hall–Kier alpha value is -0.860. The molecule has 2 nitrogen and oxygen atoms in total. The van der Waals surface area contributed by atoms with Crippen molar-refractivity contribution < 1.29 is 5.11 Å². The van der Waals surface area contributed by atoms with Gasteiger partial charge >= 0.3 is 0 Å². The summed E-state index contributed by atoms with van der Waals surface area (Å²) in [6.07, 6.45) is 15.9. The highest BCUT2D eigenvalue weighted by Gasteiger charge is 2.59. The van der Waals surface area contributed by atoms with Gasteiger partial charge in [0, 0.05) is 12.4 Å². The van der Waals surface area contributed by atoms with E-state index in [0.717, 1.165) is 35.6 Å². The van der Waals surface area contributed by atoms with Gasteiger partial charge in [0.2, 0.25) is 0 Å². The summed E-state index contributed by atoms with van der Waals surface area (Å²) in [6.45, 7) is 7.13. The number of hydrogen-bond acceptors (Lipinski definition) is 2. The van der Waals surface area contributed by atoms with E-state index in [4.69, 9.17) is 11.6 Å². The molecule has 0 saturated heterocycles. The van der Waals surface area contributed by atoms with Crippen LogP contribution in [0.25, 0.3) is 5.57 Å². The van der Waals surface area contributed by atoms with E-state index in [2.05, 4.69) is 37.9 Å². The zero-order chi connectivity index (χ0) is 19.7. The van der Waals surface area contributed by atoms with Crippen LogP contribution in [0.4, 0.5) is 0 Å². The second-order valence-electron chi connectivity index (χ2n) is 11.1. The van der Waals surface area contributed by atoms with Gasteiger partial charge in [-0.25, -0.2) is 0 Å². The van der Waals surface area contributed by atoms with Crippen molar-refractivity contribution in [2.24, 2.45) is 34.5 Å². The van der Waals surface area contributed by atoms with Gasteiger partial charge in [-0.15, -0.1) is 0 Å². The lowest BCUT2D eigenvalue weighted by atomic mass is 9.44. The zero-order valence-electron chi connectivity index (χ0n) is 17.5. The molecule has 3 heteroatoms. The minimum atomic E-state index is -0.443. The molecule has 4 aliphatic carbocycles. The van der Waals surface area contributed by atoms with E-state index >= 15 is 0 Å². The SMILES string of the molecule is C[C@]1(O)CC[C@@]2(C)C(CCC3C2CC[C@]2(C)C(c4cncc(Cl)c4)=CCC32)C1. The van der Waals surface area contributed by atoms with Crippen molar-refractivity contribution in [3.05, 3.63) is 35.1 Å². The van der Waals surface area contributed by atoms with Gasteiger partial charge < -0.3 is 5.11 Å². The molecule has 4 aliphatic rings. The van der Waals surface area contributed by atoms with E-state index in [1.165, 1.54) is 49.7 Å². The molecule has 0 bridgehead atoms. The van der Waals surface area contributed by atoms with E-state index in [1.807, 2.05) is 6.20 Å². The first-order valence-corrected chi connectivity index (χ1v) is 11.6. The Labute approximate surface area is 174 Å². The van der Waals surface area contributed by atoms with Crippen LogP contribution < -0.4 is 0 Å². The van der Waals surface area contributed by atoms with Gasteiger partial charge in [0.25, 0.3) is 0 Å². The summed E-state index contributed by atoms with van der Waals surface area (Å²) in [6, 6.07) is 2.10. The highest BCUT2D eigenvalue weighted by atomic mass is 35.5. The maximum atomic E-state index is 10.7. The van der Waals surface area contributed by atoms with Crippen molar-refractivity contribution in [1.29, 1.82) is 0 Å². The lowest BCUT2D eigenvalue weighted by Gasteiger charge is -2.61. The van der Waals surface area contributed by atoms with Crippen LogP contribution in [0.2, 0.25) is 5.02 Å². The second-order valence-corrected chi connectivity index (χ2v) is 11.5. The quantitative estimate of drug-likeness (QED) is 0.582. The van der Waals surface area contributed by atoms with Crippen molar-refractivity contribution >= 4 is 17.2 Å². The Bertz CT molecular complexity index is 817. The number of aromatic nitrogens is 1. The standard InChI is InChI=1S/C25H34ClNO/c1-23(28)10-11-24(2)17(13-23)4-5-19-21-7-6-20(16-12-18(26)15-27-14-16)25(21,3)9-8-22(19)24/h6,12,14-15,17,19,21-22,28H,4-5,7-11,13H2,1-3H3/t17?,19?,21?,22?,23-,24-,25+/m0/s1. The Balaban J connectivity index is 1.43. The fraction of sp³-hybridized carbons (Fsp3) is 0.720. The van der Waals surface area contributed by atoms with Crippen LogP contribution in [0.15, 0.2) is 24.5 Å². The number of aliphatic hydroxyl groups is 1. The first-order valence-electron chi connectivity index (χ1n) is 11.3. The third-order valence-corrected chi connectivity index (χ3v) is 9.76. The lowest BCUT2D eigenvalue weighted by Crippen LogP contribution is -2.55. The molecule has 3 saturated carbocycles. The highest BCUT2D eigenvalue weighted by Crippen LogP contribution is 2.68. The first kappa shape index (κ1) is 19.1. The predicted molar refractivity (Wildman–Crippen MR) is 115 cm³/mol. The topological polar surface area (TPSA) is 33.1 Å².